The van der Waals surface area contributed by atoms with Crippen LogP contribution in [0.1, 0.15) is 40.5 Å². The lowest BCUT2D eigenvalue weighted by molar-refractivity contribution is -0.138. The number of carboxylic acid groups (broad SMARTS) is 1. The summed E-state index contributed by atoms with van der Waals surface area (Å²) in [7, 11) is 0. The Morgan fingerprint density at radius 2 is 2.20 bits per heavy atom. The van der Waals surface area contributed by atoms with Crippen LogP contribution in [0.15, 0.2) is 0 Å². The van der Waals surface area contributed by atoms with E-state index in [1.807, 2.05) is 0 Å². The van der Waals surface area contributed by atoms with Crippen molar-refractivity contribution in [3.63, 3.8) is 0 Å². The van der Waals surface area contributed by atoms with E-state index in [1.54, 1.807) is 13.8 Å². The number of carboxylic acids is 1. The molecular formula is C11H20O3S. The summed E-state index contributed by atoms with van der Waals surface area (Å²) in [5.74, 6) is 0.00711. The van der Waals surface area contributed by atoms with E-state index in [4.69, 9.17) is 9.84 Å². The van der Waals surface area contributed by atoms with Crippen molar-refractivity contribution >= 4 is 17.7 Å². The van der Waals surface area contributed by atoms with Crippen LogP contribution >= 0.6 is 11.8 Å². The molecule has 88 valence electrons. The maximum absolute atomic E-state index is 10.9. The topological polar surface area (TPSA) is 46.5 Å². The predicted octanol–water partition coefficient (Wildman–Crippen LogP) is 2.54. The van der Waals surface area contributed by atoms with Gasteiger partial charge in [0.1, 0.15) is 4.75 Å². The third kappa shape index (κ3) is 3.68. The highest BCUT2D eigenvalue weighted by atomic mass is 32.2. The molecule has 15 heavy (non-hydrogen) atoms. The highest BCUT2D eigenvalue weighted by Crippen LogP contribution is 2.34. The van der Waals surface area contributed by atoms with E-state index in [2.05, 4.69) is 13.8 Å². The Labute approximate surface area is 95.6 Å². The van der Waals surface area contributed by atoms with Crippen molar-refractivity contribution in [1.29, 1.82) is 0 Å². The minimum Gasteiger partial charge on any atom is -0.480 e. The Morgan fingerprint density at radius 3 is 2.60 bits per heavy atom. The summed E-state index contributed by atoms with van der Waals surface area (Å²) in [6, 6.07) is 0. The minimum atomic E-state index is -0.759. The number of hydrogen-bond acceptors (Lipinski definition) is 3. The third-order valence-electron chi connectivity index (χ3n) is 2.70. The van der Waals surface area contributed by atoms with Crippen molar-refractivity contribution in [1.82, 2.24) is 0 Å². The van der Waals surface area contributed by atoms with Gasteiger partial charge in [-0.3, -0.25) is 4.79 Å². The first kappa shape index (κ1) is 12.8. The lowest BCUT2D eigenvalue weighted by atomic mass is 10.1. The van der Waals surface area contributed by atoms with Gasteiger partial charge in [-0.25, -0.2) is 0 Å². The van der Waals surface area contributed by atoms with Crippen molar-refractivity contribution in [2.45, 2.75) is 57.0 Å². The molecule has 1 heterocycles. The molecule has 0 aromatic carbocycles. The van der Waals surface area contributed by atoms with E-state index in [9.17, 15) is 4.79 Å². The zero-order chi connectivity index (χ0) is 11.7. The Bertz CT molecular complexity index is 248. The van der Waals surface area contributed by atoms with Gasteiger partial charge in [-0.05, 0) is 40.5 Å². The smallest absolute Gasteiger partial charge is 0.319 e. The molecule has 1 aliphatic heterocycles. The fourth-order valence-corrected chi connectivity index (χ4v) is 2.52. The number of rotatable bonds is 4. The van der Waals surface area contributed by atoms with Crippen LogP contribution < -0.4 is 0 Å². The summed E-state index contributed by atoms with van der Waals surface area (Å²) in [6.07, 6.45) is 2.31. The summed E-state index contributed by atoms with van der Waals surface area (Å²) < 4.78 is 5.10. The van der Waals surface area contributed by atoms with Crippen LogP contribution in [0.5, 0.6) is 0 Å². The first-order valence-corrected chi connectivity index (χ1v) is 6.27. The van der Waals surface area contributed by atoms with Gasteiger partial charge in [-0.15, -0.1) is 11.8 Å². The lowest BCUT2D eigenvalue weighted by Crippen LogP contribution is -2.30. The van der Waals surface area contributed by atoms with Crippen LogP contribution in [-0.4, -0.2) is 33.3 Å². The molecule has 1 atom stereocenters. The summed E-state index contributed by atoms with van der Waals surface area (Å²) in [6.45, 7) is 7.64. The molecule has 0 aromatic heterocycles. The van der Waals surface area contributed by atoms with Crippen molar-refractivity contribution < 1.29 is 14.6 Å². The van der Waals surface area contributed by atoms with Gasteiger partial charge < -0.3 is 9.84 Å². The van der Waals surface area contributed by atoms with E-state index in [0.29, 0.717) is 0 Å². The lowest BCUT2D eigenvalue weighted by Gasteiger charge is -2.23. The highest BCUT2D eigenvalue weighted by molar-refractivity contribution is 8.01. The average Bonchev–Trinajstić information content (AvgIpc) is 2.42. The minimum absolute atomic E-state index is 0.0292. The molecule has 1 rings (SSSR count). The zero-order valence-corrected chi connectivity index (χ0v) is 10.7. The molecule has 0 aromatic rings. The first-order valence-electron chi connectivity index (χ1n) is 5.28. The van der Waals surface area contributed by atoms with Crippen LogP contribution in [-0.2, 0) is 9.53 Å². The molecule has 1 unspecified atom stereocenters. The maximum Gasteiger partial charge on any atom is 0.319 e. The van der Waals surface area contributed by atoms with Gasteiger partial charge >= 0.3 is 5.97 Å². The summed E-state index contributed by atoms with van der Waals surface area (Å²) >= 11 is 1.46. The Hall–Kier alpha value is -0.220. The largest absolute Gasteiger partial charge is 0.480 e. The van der Waals surface area contributed by atoms with Gasteiger partial charge in [0.15, 0.2) is 0 Å². The standard InChI is InChI=1S/C11H20O3S/c1-10(2)6-5-8(14-10)7-15-11(3,4)9(12)13/h8H,5-7H2,1-4H3,(H,12,13). The van der Waals surface area contributed by atoms with Gasteiger partial charge in [-0.2, -0.15) is 0 Å². The fourth-order valence-electron chi connectivity index (χ4n) is 1.56. The molecule has 0 bridgehead atoms. The second kappa shape index (κ2) is 4.34. The molecule has 3 nitrogen and oxygen atoms in total. The summed E-state index contributed by atoms with van der Waals surface area (Å²) in [5, 5.41) is 8.96. The van der Waals surface area contributed by atoms with E-state index >= 15 is 0 Å². The fraction of sp³-hybridized carbons (Fsp3) is 0.909. The molecule has 1 saturated heterocycles. The van der Waals surface area contributed by atoms with E-state index in [1.165, 1.54) is 11.8 Å². The molecule has 1 fully saturated rings. The van der Waals surface area contributed by atoms with Crippen LogP contribution in [0.25, 0.3) is 0 Å². The quantitative estimate of drug-likeness (QED) is 0.809. The van der Waals surface area contributed by atoms with Crippen LogP contribution in [0.2, 0.25) is 0 Å². The van der Waals surface area contributed by atoms with Gasteiger partial charge in [0.2, 0.25) is 0 Å². The van der Waals surface area contributed by atoms with Crippen molar-refractivity contribution in [3.05, 3.63) is 0 Å². The van der Waals surface area contributed by atoms with Crippen LogP contribution in [0.4, 0.5) is 0 Å². The van der Waals surface area contributed by atoms with E-state index < -0.39 is 10.7 Å². The molecule has 0 spiro atoms. The first-order chi connectivity index (χ1) is 6.73. The zero-order valence-electron chi connectivity index (χ0n) is 9.87. The van der Waals surface area contributed by atoms with Crippen LogP contribution in [0, 0.1) is 0 Å². The second-order valence-corrected chi connectivity index (χ2v) is 6.81. The van der Waals surface area contributed by atoms with Crippen molar-refractivity contribution in [3.8, 4) is 0 Å². The molecule has 1 N–H and O–H groups in total. The van der Waals surface area contributed by atoms with Crippen molar-refractivity contribution in [2.75, 3.05) is 5.75 Å². The SMILES string of the molecule is CC1(C)CCC(CSC(C)(C)C(=O)O)O1. The molecular weight excluding hydrogens is 212 g/mol. The number of ether oxygens (including phenoxy) is 1. The second-order valence-electron chi connectivity index (χ2n) is 5.16. The number of hydrogen-bond donors (Lipinski definition) is 1. The Balaban J connectivity index is 2.36. The molecule has 0 radical (unpaired) electrons. The summed E-state index contributed by atoms with van der Waals surface area (Å²) in [5.41, 5.74) is -0.0292. The van der Waals surface area contributed by atoms with Gasteiger partial charge in [0, 0.05) is 5.75 Å². The highest BCUT2D eigenvalue weighted by Gasteiger charge is 2.34. The average molecular weight is 232 g/mol. The molecule has 0 amide bonds. The molecule has 0 saturated carbocycles. The Kier molecular flexibility index (Phi) is 3.71. The van der Waals surface area contributed by atoms with Gasteiger partial charge in [-0.1, -0.05) is 0 Å². The monoisotopic (exact) mass is 232 g/mol. The van der Waals surface area contributed by atoms with E-state index in [0.717, 1.165) is 18.6 Å². The normalized spacial score (nSPS) is 25.5. The number of carbonyl (C=O) groups is 1. The number of aliphatic carboxylic acids is 1. The molecule has 0 aliphatic carbocycles. The summed E-state index contributed by atoms with van der Waals surface area (Å²) in [4.78, 5) is 10.9. The van der Waals surface area contributed by atoms with Gasteiger partial charge in [0.25, 0.3) is 0 Å². The van der Waals surface area contributed by atoms with Crippen LogP contribution in [0.3, 0.4) is 0 Å². The Morgan fingerprint density at radius 1 is 1.60 bits per heavy atom. The third-order valence-corrected chi connectivity index (χ3v) is 4.13. The molecule has 1 aliphatic rings. The van der Waals surface area contributed by atoms with Crippen molar-refractivity contribution in [2.24, 2.45) is 0 Å². The number of thioether (sulfide) groups is 1. The maximum atomic E-state index is 10.9. The predicted molar refractivity (Wildman–Crippen MR) is 62.4 cm³/mol. The van der Waals surface area contributed by atoms with Gasteiger partial charge in [0.05, 0.1) is 11.7 Å². The van der Waals surface area contributed by atoms with E-state index in [-0.39, 0.29) is 11.7 Å². The molecule has 4 heteroatoms.